The van der Waals surface area contributed by atoms with Gasteiger partial charge >= 0.3 is 0 Å². The molecule has 0 bridgehead atoms. The molecule has 0 unspecified atom stereocenters. The predicted octanol–water partition coefficient (Wildman–Crippen LogP) is 7.98. The van der Waals surface area contributed by atoms with Gasteiger partial charge in [0.1, 0.15) is 11.2 Å². The van der Waals surface area contributed by atoms with E-state index in [1.54, 1.807) is 0 Å². The van der Waals surface area contributed by atoms with Crippen LogP contribution in [0, 0.1) is 0 Å². The van der Waals surface area contributed by atoms with Crippen LogP contribution >= 0.6 is 0 Å². The Balaban J connectivity index is 1.43. The van der Waals surface area contributed by atoms with Crippen LogP contribution < -0.4 is 0 Å². The summed E-state index contributed by atoms with van der Waals surface area (Å²) in [5, 5.41) is 2.29. The van der Waals surface area contributed by atoms with Crippen molar-refractivity contribution >= 4 is 21.9 Å². The molecular formula is C29H19NO. The van der Waals surface area contributed by atoms with Crippen LogP contribution in [0.3, 0.4) is 0 Å². The highest BCUT2D eigenvalue weighted by molar-refractivity contribution is 6.06. The molecule has 0 spiro atoms. The van der Waals surface area contributed by atoms with Crippen molar-refractivity contribution in [2.45, 2.75) is 0 Å². The second-order valence-electron chi connectivity index (χ2n) is 7.66. The third kappa shape index (κ3) is 3.19. The molecule has 0 fully saturated rings. The Kier molecular flexibility index (Phi) is 4.14. The second kappa shape index (κ2) is 7.26. The molecule has 0 aliphatic carbocycles. The Bertz CT molecular complexity index is 1530. The molecule has 2 heterocycles. The summed E-state index contributed by atoms with van der Waals surface area (Å²) >= 11 is 0. The first-order chi connectivity index (χ1) is 15.3. The van der Waals surface area contributed by atoms with Gasteiger partial charge in [-0.2, -0.15) is 0 Å². The largest absolute Gasteiger partial charge is 0.456 e. The second-order valence-corrected chi connectivity index (χ2v) is 7.66. The fourth-order valence-corrected chi connectivity index (χ4v) is 4.13. The van der Waals surface area contributed by atoms with Crippen molar-refractivity contribution in [1.82, 2.24) is 4.98 Å². The molecule has 146 valence electrons. The highest BCUT2D eigenvalue weighted by Gasteiger charge is 2.09. The van der Waals surface area contributed by atoms with Crippen molar-refractivity contribution in [3.63, 3.8) is 0 Å². The average Bonchev–Trinajstić information content (AvgIpc) is 3.23. The van der Waals surface area contributed by atoms with E-state index in [9.17, 15) is 0 Å². The molecule has 0 saturated carbocycles. The minimum atomic E-state index is 0.915. The van der Waals surface area contributed by atoms with Crippen LogP contribution in [-0.2, 0) is 0 Å². The maximum absolute atomic E-state index is 5.98. The summed E-state index contributed by atoms with van der Waals surface area (Å²) in [5.74, 6) is 0. The summed E-state index contributed by atoms with van der Waals surface area (Å²) in [4.78, 5) is 4.92. The Morgan fingerprint density at radius 3 is 1.97 bits per heavy atom. The quantitative estimate of drug-likeness (QED) is 0.302. The molecule has 2 aromatic heterocycles. The van der Waals surface area contributed by atoms with Gasteiger partial charge in [-0.15, -0.1) is 0 Å². The maximum Gasteiger partial charge on any atom is 0.135 e. The fraction of sp³-hybridized carbons (Fsp3) is 0. The predicted molar refractivity (Wildman–Crippen MR) is 128 cm³/mol. The molecule has 6 rings (SSSR count). The number of hydrogen-bond acceptors (Lipinski definition) is 2. The minimum absolute atomic E-state index is 0.915. The zero-order valence-electron chi connectivity index (χ0n) is 16.8. The number of fused-ring (bicyclic) bond motifs is 3. The SMILES string of the molecule is c1ccc(-c2cccc(-c3cccc(-c4ccc5oc6ccccc6c5c4)c3)n2)cc1. The van der Waals surface area contributed by atoms with Crippen LogP contribution in [-0.4, -0.2) is 4.98 Å². The molecule has 0 N–H and O–H groups in total. The van der Waals surface area contributed by atoms with Gasteiger partial charge in [0.15, 0.2) is 0 Å². The molecule has 2 heteroatoms. The van der Waals surface area contributed by atoms with E-state index in [-0.39, 0.29) is 0 Å². The van der Waals surface area contributed by atoms with Crippen LogP contribution in [0.15, 0.2) is 120 Å². The Morgan fingerprint density at radius 1 is 0.419 bits per heavy atom. The van der Waals surface area contributed by atoms with E-state index in [0.29, 0.717) is 0 Å². The Hall–Kier alpha value is -4.17. The van der Waals surface area contributed by atoms with Gasteiger partial charge < -0.3 is 4.42 Å². The average molecular weight is 397 g/mol. The van der Waals surface area contributed by atoms with Gasteiger partial charge in [-0.25, -0.2) is 4.98 Å². The molecule has 4 aromatic carbocycles. The number of hydrogen-bond donors (Lipinski definition) is 0. The van der Waals surface area contributed by atoms with Crippen molar-refractivity contribution in [2.75, 3.05) is 0 Å². The smallest absolute Gasteiger partial charge is 0.135 e. The van der Waals surface area contributed by atoms with E-state index in [1.165, 1.54) is 5.56 Å². The van der Waals surface area contributed by atoms with Crippen molar-refractivity contribution in [3.05, 3.63) is 115 Å². The number of benzene rings is 4. The number of para-hydroxylation sites is 1. The number of aromatic nitrogens is 1. The lowest BCUT2D eigenvalue weighted by atomic mass is 9.99. The maximum atomic E-state index is 5.98. The van der Waals surface area contributed by atoms with Crippen LogP contribution in [0.25, 0.3) is 55.6 Å². The normalized spacial score (nSPS) is 11.2. The van der Waals surface area contributed by atoms with E-state index >= 15 is 0 Å². The Morgan fingerprint density at radius 2 is 1.06 bits per heavy atom. The van der Waals surface area contributed by atoms with Gasteiger partial charge in [0.25, 0.3) is 0 Å². The molecular weight excluding hydrogens is 378 g/mol. The third-order valence-corrected chi connectivity index (χ3v) is 5.69. The lowest BCUT2D eigenvalue weighted by molar-refractivity contribution is 0.669. The highest BCUT2D eigenvalue weighted by atomic mass is 16.3. The summed E-state index contributed by atoms with van der Waals surface area (Å²) in [6.07, 6.45) is 0. The van der Waals surface area contributed by atoms with Crippen molar-refractivity contribution in [1.29, 1.82) is 0 Å². The molecule has 0 aliphatic rings. The van der Waals surface area contributed by atoms with Gasteiger partial charge in [0, 0.05) is 21.9 Å². The number of rotatable bonds is 3. The highest BCUT2D eigenvalue weighted by Crippen LogP contribution is 2.33. The number of pyridine rings is 1. The van der Waals surface area contributed by atoms with Crippen LogP contribution in [0.4, 0.5) is 0 Å². The van der Waals surface area contributed by atoms with Crippen molar-refractivity contribution in [3.8, 4) is 33.6 Å². The van der Waals surface area contributed by atoms with Gasteiger partial charge in [0.2, 0.25) is 0 Å². The van der Waals surface area contributed by atoms with E-state index in [1.807, 2.05) is 30.3 Å². The number of nitrogens with zero attached hydrogens (tertiary/aromatic N) is 1. The van der Waals surface area contributed by atoms with Crippen LogP contribution in [0.1, 0.15) is 0 Å². The van der Waals surface area contributed by atoms with Gasteiger partial charge in [-0.3, -0.25) is 0 Å². The molecule has 0 aliphatic heterocycles. The van der Waals surface area contributed by atoms with Gasteiger partial charge in [-0.05, 0) is 47.5 Å². The molecule has 2 nitrogen and oxygen atoms in total. The minimum Gasteiger partial charge on any atom is -0.456 e. The van der Waals surface area contributed by atoms with Crippen molar-refractivity contribution in [2.24, 2.45) is 0 Å². The number of furan rings is 1. The topological polar surface area (TPSA) is 26.0 Å². The van der Waals surface area contributed by atoms with E-state index in [4.69, 9.17) is 9.40 Å². The fourth-order valence-electron chi connectivity index (χ4n) is 4.13. The molecule has 0 amide bonds. The Labute approximate surface area is 180 Å². The van der Waals surface area contributed by atoms with E-state index < -0.39 is 0 Å². The van der Waals surface area contributed by atoms with Crippen LogP contribution in [0.5, 0.6) is 0 Å². The molecule has 0 atom stereocenters. The first-order valence-corrected chi connectivity index (χ1v) is 10.4. The van der Waals surface area contributed by atoms with E-state index in [2.05, 4.69) is 84.9 Å². The van der Waals surface area contributed by atoms with Gasteiger partial charge in [0.05, 0.1) is 11.4 Å². The lowest BCUT2D eigenvalue weighted by Crippen LogP contribution is -1.88. The van der Waals surface area contributed by atoms with Crippen LogP contribution in [0.2, 0.25) is 0 Å². The van der Waals surface area contributed by atoms with E-state index in [0.717, 1.165) is 50.0 Å². The third-order valence-electron chi connectivity index (χ3n) is 5.69. The summed E-state index contributed by atoms with van der Waals surface area (Å²) in [5.41, 5.74) is 8.35. The standard InChI is InChI=1S/C29H19NO/c1-2-8-20(9-3-1)26-13-7-14-27(30-26)23-11-6-10-21(18-23)22-16-17-29-25(19-22)24-12-4-5-15-28(24)31-29/h1-19H. The molecule has 0 saturated heterocycles. The summed E-state index contributed by atoms with van der Waals surface area (Å²) in [7, 11) is 0. The van der Waals surface area contributed by atoms with Crippen molar-refractivity contribution < 1.29 is 4.42 Å². The zero-order chi connectivity index (χ0) is 20.6. The summed E-state index contributed by atoms with van der Waals surface area (Å²) in [6, 6.07) is 39.6. The molecule has 6 aromatic rings. The molecule has 31 heavy (non-hydrogen) atoms. The first kappa shape index (κ1) is 17.7. The monoisotopic (exact) mass is 397 g/mol. The zero-order valence-corrected chi connectivity index (χ0v) is 16.8. The first-order valence-electron chi connectivity index (χ1n) is 10.4. The summed E-state index contributed by atoms with van der Waals surface area (Å²) < 4.78 is 5.98. The lowest BCUT2D eigenvalue weighted by Gasteiger charge is -2.08. The summed E-state index contributed by atoms with van der Waals surface area (Å²) in [6.45, 7) is 0. The van der Waals surface area contributed by atoms with Gasteiger partial charge in [-0.1, -0.05) is 78.9 Å². The molecule has 0 radical (unpaired) electrons.